The van der Waals surface area contributed by atoms with Crippen LogP contribution in [0.4, 0.5) is 0 Å². The zero-order valence-corrected chi connectivity index (χ0v) is 14.2. The number of carbonyl (C=O) groups is 1. The van der Waals surface area contributed by atoms with E-state index >= 15 is 0 Å². The number of aryl methyl sites for hydroxylation is 1. The van der Waals surface area contributed by atoms with Crippen molar-refractivity contribution in [3.8, 4) is 17.6 Å². The van der Waals surface area contributed by atoms with Gasteiger partial charge in [0.15, 0.2) is 0 Å². The lowest BCUT2D eigenvalue weighted by Gasteiger charge is -2.30. The molecule has 1 aliphatic carbocycles. The third-order valence-corrected chi connectivity index (χ3v) is 4.49. The van der Waals surface area contributed by atoms with Crippen molar-refractivity contribution in [3.05, 3.63) is 65.2 Å². The van der Waals surface area contributed by atoms with Crippen molar-refractivity contribution < 1.29 is 9.53 Å². The summed E-state index contributed by atoms with van der Waals surface area (Å²) < 4.78 is 5.42. The molecule has 0 bridgehead atoms. The summed E-state index contributed by atoms with van der Waals surface area (Å²) in [4.78, 5) is 11.9. The number of hydrogen-bond donors (Lipinski definition) is 0. The van der Waals surface area contributed by atoms with Gasteiger partial charge in [-0.3, -0.25) is 4.79 Å². The summed E-state index contributed by atoms with van der Waals surface area (Å²) in [6, 6.07) is 15.7. The van der Waals surface area contributed by atoms with E-state index in [9.17, 15) is 4.79 Å². The van der Waals surface area contributed by atoms with Crippen molar-refractivity contribution in [2.45, 2.75) is 33.1 Å². The Hall–Kier alpha value is -2.53. The molecule has 1 fully saturated rings. The monoisotopic (exact) mass is 318 g/mol. The SMILES string of the molecule is CCc1ccc(C#Cc2ccc(OC(=O)C3CC(C)C3)cc2)cc1. The Labute approximate surface area is 143 Å². The normalized spacial score (nSPS) is 18.9. The predicted octanol–water partition coefficient (Wildman–Crippen LogP) is 4.60. The number of rotatable bonds is 3. The second-order valence-electron chi connectivity index (χ2n) is 6.52. The smallest absolute Gasteiger partial charge is 0.314 e. The third-order valence-electron chi connectivity index (χ3n) is 4.49. The molecule has 0 spiro atoms. The van der Waals surface area contributed by atoms with Crippen LogP contribution in [0.3, 0.4) is 0 Å². The Balaban J connectivity index is 1.60. The highest BCUT2D eigenvalue weighted by Crippen LogP contribution is 2.34. The number of benzene rings is 2. The van der Waals surface area contributed by atoms with E-state index in [1.54, 1.807) is 0 Å². The van der Waals surface area contributed by atoms with Crippen molar-refractivity contribution >= 4 is 5.97 Å². The van der Waals surface area contributed by atoms with Gasteiger partial charge in [-0.1, -0.05) is 37.8 Å². The molecule has 0 atom stereocenters. The molecule has 2 aromatic rings. The highest BCUT2D eigenvalue weighted by Gasteiger charge is 2.32. The van der Waals surface area contributed by atoms with Gasteiger partial charge in [0.25, 0.3) is 0 Å². The summed E-state index contributed by atoms with van der Waals surface area (Å²) in [5.74, 6) is 7.50. The molecule has 0 amide bonds. The Bertz CT molecular complexity index is 754. The van der Waals surface area contributed by atoms with Gasteiger partial charge < -0.3 is 4.74 Å². The molecular formula is C22H22O2. The number of ether oxygens (including phenoxy) is 1. The topological polar surface area (TPSA) is 26.3 Å². The molecule has 24 heavy (non-hydrogen) atoms. The van der Waals surface area contributed by atoms with Crippen molar-refractivity contribution in [3.63, 3.8) is 0 Å². The lowest BCUT2D eigenvalue weighted by molar-refractivity contribution is -0.143. The van der Waals surface area contributed by atoms with Crippen LogP contribution in [0.1, 0.15) is 43.4 Å². The average molecular weight is 318 g/mol. The molecule has 3 rings (SSSR count). The van der Waals surface area contributed by atoms with Gasteiger partial charge in [-0.05, 0) is 67.1 Å². The summed E-state index contributed by atoms with van der Waals surface area (Å²) in [7, 11) is 0. The lowest BCUT2D eigenvalue weighted by atomic mass is 9.76. The molecule has 1 aliphatic rings. The maximum atomic E-state index is 11.9. The second kappa shape index (κ2) is 7.36. The van der Waals surface area contributed by atoms with Gasteiger partial charge in [-0.15, -0.1) is 0 Å². The highest BCUT2D eigenvalue weighted by atomic mass is 16.5. The van der Waals surface area contributed by atoms with Crippen molar-refractivity contribution in [1.29, 1.82) is 0 Å². The van der Waals surface area contributed by atoms with E-state index in [-0.39, 0.29) is 11.9 Å². The van der Waals surface area contributed by atoms with Crippen molar-refractivity contribution in [1.82, 2.24) is 0 Å². The summed E-state index contributed by atoms with van der Waals surface area (Å²) in [5, 5.41) is 0. The van der Waals surface area contributed by atoms with Crippen LogP contribution in [-0.4, -0.2) is 5.97 Å². The Morgan fingerprint density at radius 3 is 2.04 bits per heavy atom. The molecule has 122 valence electrons. The van der Waals surface area contributed by atoms with Crippen LogP contribution in [0, 0.1) is 23.7 Å². The third kappa shape index (κ3) is 4.06. The summed E-state index contributed by atoms with van der Waals surface area (Å²) in [6.45, 7) is 4.30. The lowest BCUT2D eigenvalue weighted by Crippen LogP contribution is -2.31. The highest BCUT2D eigenvalue weighted by molar-refractivity contribution is 5.76. The van der Waals surface area contributed by atoms with E-state index in [4.69, 9.17) is 4.74 Å². The maximum Gasteiger partial charge on any atom is 0.314 e. The molecule has 0 unspecified atom stereocenters. The summed E-state index contributed by atoms with van der Waals surface area (Å²) in [6.07, 6.45) is 2.92. The first-order chi connectivity index (χ1) is 11.6. The van der Waals surface area contributed by atoms with Crippen LogP contribution in [-0.2, 0) is 11.2 Å². The Morgan fingerprint density at radius 1 is 1.00 bits per heavy atom. The van der Waals surface area contributed by atoms with E-state index < -0.39 is 0 Å². The molecule has 0 aromatic heterocycles. The molecule has 2 heteroatoms. The van der Waals surface area contributed by atoms with Gasteiger partial charge in [-0.2, -0.15) is 0 Å². The van der Waals surface area contributed by atoms with Gasteiger partial charge in [0, 0.05) is 11.1 Å². The molecule has 2 nitrogen and oxygen atoms in total. The van der Waals surface area contributed by atoms with Gasteiger partial charge >= 0.3 is 5.97 Å². The zero-order chi connectivity index (χ0) is 16.9. The van der Waals surface area contributed by atoms with Crippen LogP contribution in [0.15, 0.2) is 48.5 Å². The second-order valence-corrected chi connectivity index (χ2v) is 6.52. The number of carbonyl (C=O) groups excluding carboxylic acids is 1. The average Bonchev–Trinajstić information content (AvgIpc) is 2.59. The molecule has 2 aromatic carbocycles. The van der Waals surface area contributed by atoms with Crippen LogP contribution in [0.2, 0.25) is 0 Å². The van der Waals surface area contributed by atoms with Gasteiger partial charge in [0.1, 0.15) is 5.75 Å². The summed E-state index contributed by atoms with van der Waals surface area (Å²) in [5.41, 5.74) is 3.22. The van der Waals surface area contributed by atoms with Crippen molar-refractivity contribution in [2.24, 2.45) is 11.8 Å². The summed E-state index contributed by atoms with van der Waals surface area (Å²) >= 11 is 0. The van der Waals surface area contributed by atoms with E-state index in [1.165, 1.54) is 5.56 Å². The minimum atomic E-state index is -0.108. The predicted molar refractivity (Wildman–Crippen MR) is 95.8 cm³/mol. The Morgan fingerprint density at radius 2 is 1.54 bits per heavy atom. The minimum absolute atomic E-state index is 0.0746. The molecule has 1 saturated carbocycles. The van der Waals surface area contributed by atoms with Crippen molar-refractivity contribution in [2.75, 3.05) is 0 Å². The van der Waals surface area contributed by atoms with Gasteiger partial charge in [0.2, 0.25) is 0 Å². The van der Waals surface area contributed by atoms with E-state index in [1.807, 2.05) is 36.4 Å². The maximum absolute atomic E-state index is 11.9. The molecule has 0 saturated heterocycles. The Kier molecular flexibility index (Phi) is 5.01. The fourth-order valence-corrected chi connectivity index (χ4v) is 2.87. The largest absolute Gasteiger partial charge is 0.426 e. The zero-order valence-electron chi connectivity index (χ0n) is 14.2. The molecule has 0 radical (unpaired) electrons. The molecule has 0 aliphatic heterocycles. The molecule has 0 N–H and O–H groups in total. The minimum Gasteiger partial charge on any atom is -0.426 e. The van der Waals surface area contributed by atoms with E-state index in [0.717, 1.165) is 30.4 Å². The first-order valence-corrected chi connectivity index (χ1v) is 8.56. The number of esters is 1. The van der Waals surface area contributed by atoms with Gasteiger partial charge in [0.05, 0.1) is 5.92 Å². The molecule has 0 heterocycles. The van der Waals surface area contributed by atoms with Crippen LogP contribution in [0.25, 0.3) is 0 Å². The fraction of sp³-hybridized carbons (Fsp3) is 0.318. The standard InChI is InChI=1S/C22H22O2/c1-3-17-4-6-18(7-5-17)8-9-19-10-12-21(13-11-19)24-22(23)20-14-16(2)15-20/h4-7,10-13,16,20H,3,14-15H2,1-2H3. The fourth-order valence-electron chi connectivity index (χ4n) is 2.87. The first-order valence-electron chi connectivity index (χ1n) is 8.56. The molecular weight excluding hydrogens is 296 g/mol. The van der Waals surface area contributed by atoms with Crippen LogP contribution in [0.5, 0.6) is 5.75 Å². The van der Waals surface area contributed by atoms with Crippen LogP contribution < -0.4 is 4.74 Å². The quantitative estimate of drug-likeness (QED) is 0.470. The van der Waals surface area contributed by atoms with Crippen LogP contribution >= 0.6 is 0 Å². The number of hydrogen-bond acceptors (Lipinski definition) is 2. The van der Waals surface area contributed by atoms with E-state index in [2.05, 4.69) is 37.8 Å². The first kappa shape index (κ1) is 16.3. The van der Waals surface area contributed by atoms with Gasteiger partial charge in [-0.25, -0.2) is 0 Å². The van der Waals surface area contributed by atoms with E-state index in [0.29, 0.717) is 11.7 Å².